The van der Waals surface area contributed by atoms with Gasteiger partial charge in [0.05, 0.1) is 13.2 Å². The lowest BCUT2D eigenvalue weighted by Crippen LogP contribution is -2.55. The van der Waals surface area contributed by atoms with Crippen molar-refractivity contribution in [2.24, 2.45) is 0 Å². The van der Waals surface area contributed by atoms with Crippen molar-refractivity contribution in [2.75, 3.05) is 65.6 Å². The number of carbonyl (C=O) groups is 1. The van der Waals surface area contributed by atoms with Crippen LogP contribution < -0.4 is 0 Å². The topological polar surface area (TPSA) is 30.0 Å². The number of nitrogens with zero attached hydrogens (tertiary/aromatic N) is 4. The summed E-state index contributed by atoms with van der Waals surface area (Å²) in [6, 6.07) is 0.673. The molecule has 0 aromatic carbocycles. The molecule has 0 aliphatic carbocycles. The standard InChI is InChI=1S/C16H32N4O/c1-4-16(21)13-17-5-7-18(8-6-17)14-19-9-11-20(12-10-19)15(2)3/h15H,4-14H2,1-3H3. The lowest BCUT2D eigenvalue weighted by atomic mass is 10.2. The summed E-state index contributed by atoms with van der Waals surface area (Å²) < 4.78 is 0. The molecule has 2 aliphatic rings. The molecule has 0 aromatic heterocycles. The lowest BCUT2D eigenvalue weighted by molar-refractivity contribution is -0.120. The summed E-state index contributed by atoms with van der Waals surface area (Å²) in [6.45, 7) is 17.3. The molecule has 2 fully saturated rings. The van der Waals surface area contributed by atoms with Gasteiger partial charge >= 0.3 is 0 Å². The normalized spacial score (nSPS) is 23.8. The molecule has 2 rings (SSSR count). The van der Waals surface area contributed by atoms with Crippen LogP contribution in [0, 0.1) is 0 Å². The fourth-order valence-corrected chi connectivity index (χ4v) is 3.15. The minimum Gasteiger partial charge on any atom is -0.298 e. The largest absolute Gasteiger partial charge is 0.298 e. The fourth-order valence-electron chi connectivity index (χ4n) is 3.15. The van der Waals surface area contributed by atoms with Crippen LogP contribution in [0.3, 0.4) is 0 Å². The van der Waals surface area contributed by atoms with Crippen molar-refractivity contribution in [3.63, 3.8) is 0 Å². The van der Waals surface area contributed by atoms with Crippen LogP contribution in [0.15, 0.2) is 0 Å². The first kappa shape index (κ1) is 16.9. The molecular weight excluding hydrogens is 264 g/mol. The maximum atomic E-state index is 11.5. The number of hydrogen-bond donors (Lipinski definition) is 0. The Morgan fingerprint density at radius 3 is 1.81 bits per heavy atom. The van der Waals surface area contributed by atoms with E-state index < -0.39 is 0 Å². The van der Waals surface area contributed by atoms with Crippen LogP contribution in [0.4, 0.5) is 0 Å². The molecule has 0 amide bonds. The van der Waals surface area contributed by atoms with Gasteiger partial charge < -0.3 is 0 Å². The lowest BCUT2D eigenvalue weighted by Gasteiger charge is -2.41. The van der Waals surface area contributed by atoms with E-state index in [1.54, 1.807) is 0 Å². The quantitative estimate of drug-likeness (QED) is 0.715. The van der Waals surface area contributed by atoms with E-state index in [4.69, 9.17) is 0 Å². The van der Waals surface area contributed by atoms with E-state index in [9.17, 15) is 4.79 Å². The second-order valence-electron chi connectivity index (χ2n) is 6.68. The van der Waals surface area contributed by atoms with Crippen molar-refractivity contribution in [3.8, 4) is 0 Å². The minimum atomic E-state index is 0.369. The van der Waals surface area contributed by atoms with E-state index in [-0.39, 0.29) is 0 Å². The van der Waals surface area contributed by atoms with Crippen molar-refractivity contribution in [1.82, 2.24) is 19.6 Å². The molecule has 0 bridgehead atoms. The second kappa shape index (κ2) is 8.22. The molecule has 0 aromatic rings. The van der Waals surface area contributed by atoms with Gasteiger partial charge in [0.1, 0.15) is 5.78 Å². The fraction of sp³-hybridized carbons (Fsp3) is 0.938. The molecule has 0 spiro atoms. The van der Waals surface area contributed by atoms with E-state index in [1.807, 2.05) is 6.92 Å². The molecule has 0 radical (unpaired) electrons. The third kappa shape index (κ3) is 5.33. The average molecular weight is 296 g/mol. The van der Waals surface area contributed by atoms with Crippen molar-refractivity contribution in [2.45, 2.75) is 33.2 Å². The summed E-state index contributed by atoms with van der Waals surface area (Å²) in [5.74, 6) is 0.369. The van der Waals surface area contributed by atoms with E-state index in [1.165, 1.54) is 26.2 Å². The van der Waals surface area contributed by atoms with Gasteiger partial charge in [0.15, 0.2) is 0 Å². The number of rotatable bonds is 6. The van der Waals surface area contributed by atoms with Crippen molar-refractivity contribution in [3.05, 3.63) is 0 Å². The van der Waals surface area contributed by atoms with Crippen LogP contribution in [0.5, 0.6) is 0 Å². The average Bonchev–Trinajstić information content (AvgIpc) is 2.49. The predicted molar refractivity (Wildman–Crippen MR) is 86.5 cm³/mol. The number of piperazine rings is 2. The molecule has 2 aliphatic heterocycles. The third-order valence-corrected chi connectivity index (χ3v) is 4.80. The molecule has 0 N–H and O–H groups in total. The van der Waals surface area contributed by atoms with Crippen molar-refractivity contribution >= 4 is 5.78 Å². The zero-order chi connectivity index (χ0) is 15.2. The summed E-state index contributed by atoms with van der Waals surface area (Å²) in [4.78, 5) is 21.5. The molecule has 2 heterocycles. The maximum Gasteiger partial charge on any atom is 0.146 e. The molecule has 0 saturated carbocycles. The van der Waals surface area contributed by atoms with E-state index >= 15 is 0 Å². The van der Waals surface area contributed by atoms with Gasteiger partial charge in [0.25, 0.3) is 0 Å². The molecule has 5 nitrogen and oxygen atoms in total. The zero-order valence-corrected chi connectivity index (χ0v) is 14.1. The highest BCUT2D eigenvalue weighted by Crippen LogP contribution is 2.08. The van der Waals surface area contributed by atoms with Gasteiger partial charge in [0.2, 0.25) is 0 Å². The van der Waals surface area contributed by atoms with Gasteiger partial charge in [-0.25, -0.2) is 0 Å². The van der Waals surface area contributed by atoms with Crippen LogP contribution in [-0.2, 0) is 4.79 Å². The minimum absolute atomic E-state index is 0.369. The first-order valence-electron chi connectivity index (χ1n) is 8.51. The molecular formula is C16H32N4O. The Bertz CT molecular complexity index is 318. The molecule has 0 unspecified atom stereocenters. The zero-order valence-electron chi connectivity index (χ0n) is 14.1. The third-order valence-electron chi connectivity index (χ3n) is 4.80. The van der Waals surface area contributed by atoms with Gasteiger partial charge in [-0.1, -0.05) is 6.92 Å². The molecule has 5 heteroatoms. The smallest absolute Gasteiger partial charge is 0.146 e. The van der Waals surface area contributed by atoms with Crippen LogP contribution in [0.2, 0.25) is 0 Å². The summed E-state index contributed by atoms with van der Waals surface area (Å²) in [5, 5.41) is 0. The first-order chi connectivity index (χ1) is 10.1. The van der Waals surface area contributed by atoms with Gasteiger partial charge in [0, 0.05) is 64.8 Å². The summed E-state index contributed by atoms with van der Waals surface area (Å²) in [5.41, 5.74) is 0. The van der Waals surface area contributed by atoms with Crippen LogP contribution in [0.1, 0.15) is 27.2 Å². The highest BCUT2D eigenvalue weighted by Gasteiger charge is 2.23. The van der Waals surface area contributed by atoms with Gasteiger partial charge in [-0.05, 0) is 13.8 Å². The Labute approximate surface area is 129 Å². The van der Waals surface area contributed by atoms with Gasteiger partial charge in [-0.2, -0.15) is 0 Å². The van der Waals surface area contributed by atoms with Crippen LogP contribution >= 0.6 is 0 Å². The summed E-state index contributed by atoms with van der Waals surface area (Å²) in [6.07, 6.45) is 0.667. The Morgan fingerprint density at radius 1 is 0.857 bits per heavy atom. The highest BCUT2D eigenvalue weighted by molar-refractivity contribution is 5.80. The SMILES string of the molecule is CCC(=O)CN1CCN(CN2CCN(C(C)C)CC2)CC1. The number of carbonyl (C=O) groups excluding carboxylic acids is 1. The summed E-state index contributed by atoms with van der Waals surface area (Å²) >= 11 is 0. The number of hydrogen-bond acceptors (Lipinski definition) is 5. The molecule has 0 atom stereocenters. The van der Waals surface area contributed by atoms with Crippen LogP contribution in [-0.4, -0.2) is 97.0 Å². The van der Waals surface area contributed by atoms with Crippen LogP contribution in [0.25, 0.3) is 0 Å². The first-order valence-corrected chi connectivity index (χ1v) is 8.51. The van der Waals surface area contributed by atoms with E-state index in [0.29, 0.717) is 24.8 Å². The monoisotopic (exact) mass is 296 g/mol. The van der Waals surface area contributed by atoms with Gasteiger partial charge in [-0.15, -0.1) is 0 Å². The second-order valence-corrected chi connectivity index (χ2v) is 6.68. The Balaban J connectivity index is 1.64. The Morgan fingerprint density at radius 2 is 1.33 bits per heavy atom. The van der Waals surface area contributed by atoms with Gasteiger partial charge in [-0.3, -0.25) is 24.4 Å². The van der Waals surface area contributed by atoms with Crippen molar-refractivity contribution < 1.29 is 4.79 Å². The van der Waals surface area contributed by atoms with E-state index in [2.05, 4.69) is 33.4 Å². The van der Waals surface area contributed by atoms with E-state index in [0.717, 1.165) is 32.8 Å². The molecule has 2 saturated heterocycles. The molecule has 122 valence electrons. The maximum absolute atomic E-state index is 11.5. The molecule has 21 heavy (non-hydrogen) atoms. The Hall–Kier alpha value is -0.490. The highest BCUT2D eigenvalue weighted by atomic mass is 16.1. The van der Waals surface area contributed by atoms with Crippen molar-refractivity contribution in [1.29, 1.82) is 0 Å². The predicted octanol–water partition coefficient (Wildman–Crippen LogP) is 0.567. The number of Topliss-reactive ketones (excluding diaryl/α,β-unsaturated/α-hetero) is 1. The Kier molecular flexibility index (Phi) is 6.61. The number of ketones is 1. The summed E-state index contributed by atoms with van der Waals surface area (Å²) in [7, 11) is 0.